The molecule has 0 unspecified atom stereocenters. The van der Waals surface area contributed by atoms with Crippen molar-refractivity contribution in [2.45, 2.75) is 0 Å². The number of nitriles is 3. The van der Waals surface area contributed by atoms with E-state index >= 15 is 0 Å². The smallest absolute Gasteiger partial charge is 0.346 e. The standard InChI is InChI=1S/C7H4BN5/c9-3-6-1-2-8(12)13(5-11)7(6)4-10/h1-2H,12H2. The first-order chi connectivity index (χ1) is 6.24. The summed E-state index contributed by atoms with van der Waals surface area (Å²) in [6, 6.07) is 3.58. The Bertz CT molecular complexity index is 402. The monoisotopic (exact) mass is 169 g/mol. The highest BCUT2D eigenvalue weighted by atomic mass is 15.1. The van der Waals surface area contributed by atoms with Gasteiger partial charge in [0.15, 0.2) is 6.19 Å². The summed E-state index contributed by atoms with van der Waals surface area (Å²) >= 11 is 0. The Labute approximate surface area is 75.7 Å². The van der Waals surface area contributed by atoms with Crippen molar-refractivity contribution < 1.29 is 0 Å². The lowest BCUT2D eigenvalue weighted by Crippen LogP contribution is -2.43. The largest absolute Gasteiger partial charge is 0.381 e. The van der Waals surface area contributed by atoms with Crippen molar-refractivity contribution >= 4 is 6.98 Å². The number of hydrogen-bond acceptors (Lipinski definition) is 5. The average Bonchev–Trinajstić information content (AvgIpc) is 2.17. The van der Waals surface area contributed by atoms with Crippen LogP contribution in [0.4, 0.5) is 0 Å². The van der Waals surface area contributed by atoms with Crippen molar-refractivity contribution in [2.24, 2.45) is 5.64 Å². The quantitative estimate of drug-likeness (QED) is 0.393. The van der Waals surface area contributed by atoms with Crippen LogP contribution >= 0.6 is 0 Å². The maximum absolute atomic E-state index is 8.67. The average molecular weight is 169 g/mol. The van der Waals surface area contributed by atoms with Crippen molar-refractivity contribution in [3.05, 3.63) is 23.3 Å². The molecular formula is C7H4BN5. The van der Waals surface area contributed by atoms with E-state index in [2.05, 4.69) is 0 Å². The van der Waals surface area contributed by atoms with Gasteiger partial charge >= 0.3 is 6.98 Å². The van der Waals surface area contributed by atoms with Crippen LogP contribution in [0.5, 0.6) is 0 Å². The van der Waals surface area contributed by atoms with Crippen LogP contribution < -0.4 is 5.64 Å². The van der Waals surface area contributed by atoms with Gasteiger partial charge in [0.05, 0.1) is 5.57 Å². The van der Waals surface area contributed by atoms with E-state index < -0.39 is 6.98 Å². The fourth-order valence-corrected chi connectivity index (χ4v) is 0.960. The summed E-state index contributed by atoms with van der Waals surface area (Å²) in [7, 11) is 0. The van der Waals surface area contributed by atoms with Crippen LogP contribution in [0.25, 0.3) is 0 Å². The molecule has 0 aromatic carbocycles. The molecule has 13 heavy (non-hydrogen) atoms. The zero-order chi connectivity index (χ0) is 9.84. The minimum atomic E-state index is -0.656. The third kappa shape index (κ3) is 1.37. The summed E-state index contributed by atoms with van der Waals surface area (Å²) in [5.74, 6) is 1.49. The molecule has 0 saturated heterocycles. The van der Waals surface area contributed by atoms with Gasteiger partial charge < -0.3 is 5.64 Å². The van der Waals surface area contributed by atoms with Crippen LogP contribution in [0.2, 0.25) is 0 Å². The molecule has 0 atom stereocenters. The molecule has 1 rings (SSSR count). The van der Waals surface area contributed by atoms with E-state index in [1.54, 1.807) is 12.3 Å². The topological polar surface area (TPSA) is 101 Å². The van der Waals surface area contributed by atoms with Gasteiger partial charge in [-0.1, -0.05) is 12.1 Å². The second-order valence-corrected chi connectivity index (χ2v) is 2.31. The van der Waals surface area contributed by atoms with E-state index in [1.165, 1.54) is 12.1 Å². The van der Waals surface area contributed by atoms with Crippen LogP contribution in [0, 0.1) is 34.1 Å². The van der Waals surface area contributed by atoms with E-state index in [4.69, 9.17) is 21.4 Å². The highest BCUT2D eigenvalue weighted by Crippen LogP contribution is 2.15. The second-order valence-electron chi connectivity index (χ2n) is 2.31. The SMILES string of the molecule is N#CC1=C(C#N)N(C#N)B(N)C=C1. The van der Waals surface area contributed by atoms with Gasteiger partial charge in [-0.3, -0.25) is 4.81 Å². The number of hydrogen-bond donors (Lipinski definition) is 1. The van der Waals surface area contributed by atoms with Crippen LogP contribution in [-0.4, -0.2) is 11.8 Å². The summed E-state index contributed by atoms with van der Waals surface area (Å²) < 4.78 is 0. The third-order valence-corrected chi connectivity index (χ3v) is 1.59. The molecule has 1 aliphatic heterocycles. The normalized spacial score (nSPS) is 14.9. The Hall–Kier alpha value is -2.23. The van der Waals surface area contributed by atoms with Gasteiger partial charge in [0.25, 0.3) is 0 Å². The fourth-order valence-electron chi connectivity index (χ4n) is 0.960. The lowest BCUT2D eigenvalue weighted by atomic mass is 9.72. The molecule has 2 N–H and O–H groups in total. The molecule has 1 heterocycles. The van der Waals surface area contributed by atoms with Gasteiger partial charge in [0.1, 0.15) is 17.8 Å². The van der Waals surface area contributed by atoms with Crippen molar-refractivity contribution in [3.8, 4) is 18.3 Å². The molecule has 0 spiro atoms. The first kappa shape index (κ1) is 8.87. The molecule has 5 nitrogen and oxygen atoms in total. The molecule has 60 valence electrons. The Kier molecular flexibility index (Phi) is 2.35. The highest BCUT2D eigenvalue weighted by molar-refractivity contribution is 6.59. The van der Waals surface area contributed by atoms with Gasteiger partial charge in [-0.15, -0.1) is 0 Å². The molecule has 0 aliphatic carbocycles. The molecule has 0 fully saturated rings. The van der Waals surface area contributed by atoms with Gasteiger partial charge in [0, 0.05) is 0 Å². The minimum absolute atomic E-state index is 0.000000000000000444. The van der Waals surface area contributed by atoms with Crippen LogP contribution in [0.15, 0.2) is 23.3 Å². The fraction of sp³-hybridized carbons (Fsp3) is 0. The molecule has 0 aromatic heterocycles. The van der Waals surface area contributed by atoms with E-state index in [9.17, 15) is 0 Å². The van der Waals surface area contributed by atoms with Crippen molar-refractivity contribution in [1.82, 2.24) is 4.81 Å². The predicted molar refractivity (Wildman–Crippen MR) is 44.8 cm³/mol. The summed E-state index contributed by atoms with van der Waals surface area (Å²) in [5.41, 5.74) is 5.65. The first-order valence-corrected chi connectivity index (χ1v) is 3.41. The number of nitrogens with two attached hydrogens (primary N) is 1. The van der Waals surface area contributed by atoms with Gasteiger partial charge in [-0.05, 0) is 0 Å². The Morgan fingerprint density at radius 3 is 2.46 bits per heavy atom. The molecule has 6 heteroatoms. The van der Waals surface area contributed by atoms with Crippen LogP contribution in [-0.2, 0) is 0 Å². The molecule has 0 saturated carbocycles. The number of rotatable bonds is 0. The Morgan fingerprint density at radius 2 is 2.00 bits per heavy atom. The number of nitrogens with zero attached hydrogens (tertiary/aromatic N) is 4. The highest BCUT2D eigenvalue weighted by Gasteiger charge is 2.25. The maximum atomic E-state index is 8.67. The van der Waals surface area contributed by atoms with Crippen LogP contribution in [0.1, 0.15) is 0 Å². The maximum Gasteiger partial charge on any atom is 0.381 e. The van der Waals surface area contributed by atoms with Gasteiger partial charge in [0.2, 0.25) is 0 Å². The summed E-state index contributed by atoms with van der Waals surface area (Å²) in [4.78, 5) is 0.999. The van der Waals surface area contributed by atoms with E-state index in [0.29, 0.717) is 0 Å². The van der Waals surface area contributed by atoms with Gasteiger partial charge in [-0.2, -0.15) is 15.8 Å². The Morgan fingerprint density at radius 1 is 1.31 bits per heavy atom. The summed E-state index contributed by atoms with van der Waals surface area (Å²) in [6.45, 7) is -0.656. The van der Waals surface area contributed by atoms with Crippen molar-refractivity contribution in [2.75, 3.05) is 0 Å². The Balaban J connectivity index is 3.23. The summed E-state index contributed by atoms with van der Waals surface area (Å²) in [5, 5.41) is 25.9. The van der Waals surface area contributed by atoms with Crippen molar-refractivity contribution in [3.63, 3.8) is 0 Å². The first-order valence-electron chi connectivity index (χ1n) is 3.41. The second kappa shape index (κ2) is 3.45. The molecule has 0 radical (unpaired) electrons. The lowest BCUT2D eigenvalue weighted by Gasteiger charge is -2.19. The number of allylic oxidation sites excluding steroid dienone is 3. The molecule has 0 amide bonds. The third-order valence-electron chi connectivity index (χ3n) is 1.59. The molecule has 1 aliphatic rings. The lowest BCUT2D eigenvalue weighted by molar-refractivity contribution is 0.755. The molecule has 0 aromatic rings. The predicted octanol–water partition coefficient (Wildman–Crippen LogP) is -0.373. The van der Waals surface area contributed by atoms with Crippen molar-refractivity contribution in [1.29, 1.82) is 15.8 Å². The molecule has 0 bridgehead atoms. The zero-order valence-corrected chi connectivity index (χ0v) is 6.60. The van der Waals surface area contributed by atoms with E-state index in [0.717, 1.165) is 4.81 Å². The zero-order valence-electron chi connectivity index (χ0n) is 6.60. The molecular weight excluding hydrogens is 165 g/mol. The van der Waals surface area contributed by atoms with Gasteiger partial charge in [-0.25, -0.2) is 0 Å². The van der Waals surface area contributed by atoms with E-state index in [-0.39, 0.29) is 11.3 Å². The minimum Gasteiger partial charge on any atom is -0.346 e. The van der Waals surface area contributed by atoms with E-state index in [1.807, 2.05) is 6.07 Å². The van der Waals surface area contributed by atoms with Crippen LogP contribution in [0.3, 0.4) is 0 Å². The summed E-state index contributed by atoms with van der Waals surface area (Å²) in [6.07, 6.45) is 3.19.